The highest BCUT2D eigenvalue weighted by molar-refractivity contribution is 9.10. The summed E-state index contributed by atoms with van der Waals surface area (Å²) in [5.74, 6) is -0.818. The predicted molar refractivity (Wildman–Crippen MR) is 99.0 cm³/mol. The van der Waals surface area contributed by atoms with Crippen molar-refractivity contribution in [2.24, 2.45) is 0 Å². The van der Waals surface area contributed by atoms with Crippen LogP contribution in [0.25, 0.3) is 6.08 Å². The first-order valence-corrected chi connectivity index (χ1v) is 8.31. The van der Waals surface area contributed by atoms with E-state index in [0.717, 1.165) is 4.47 Å². The Morgan fingerprint density at radius 2 is 1.65 bits per heavy atom. The number of phenolic OH excluding ortho intramolecular Hbond substituents is 1. The first kappa shape index (κ1) is 17.8. The summed E-state index contributed by atoms with van der Waals surface area (Å²) in [6.07, 6.45) is 1.42. The molecule has 26 heavy (non-hydrogen) atoms. The van der Waals surface area contributed by atoms with Gasteiger partial charge in [-0.05, 0) is 48.0 Å². The molecule has 1 heterocycles. The van der Waals surface area contributed by atoms with Crippen LogP contribution in [0.4, 0.5) is 5.69 Å². The lowest BCUT2D eigenvalue weighted by molar-refractivity contribution is -0.117. The Bertz CT molecular complexity index is 883. The Morgan fingerprint density at radius 1 is 1.08 bits per heavy atom. The molecule has 0 aromatic heterocycles. The molecule has 8 heteroatoms. The minimum absolute atomic E-state index is 0.0392. The van der Waals surface area contributed by atoms with Gasteiger partial charge in [0.25, 0.3) is 11.8 Å². The van der Waals surface area contributed by atoms with Crippen LogP contribution < -0.4 is 19.9 Å². The zero-order valence-corrected chi connectivity index (χ0v) is 15.5. The molecule has 2 N–H and O–H groups in total. The van der Waals surface area contributed by atoms with Gasteiger partial charge in [-0.1, -0.05) is 15.9 Å². The fourth-order valence-electron chi connectivity index (χ4n) is 2.49. The van der Waals surface area contributed by atoms with Crippen LogP contribution >= 0.6 is 15.9 Å². The van der Waals surface area contributed by atoms with Crippen molar-refractivity contribution in [3.05, 3.63) is 52.0 Å². The molecule has 0 aliphatic carbocycles. The van der Waals surface area contributed by atoms with Crippen LogP contribution in [0.2, 0.25) is 0 Å². The lowest BCUT2D eigenvalue weighted by Gasteiger charge is -2.14. The quantitative estimate of drug-likeness (QED) is 0.588. The summed E-state index contributed by atoms with van der Waals surface area (Å²) in [4.78, 5) is 24.9. The molecule has 3 rings (SSSR count). The second-order valence-electron chi connectivity index (χ2n) is 5.39. The molecule has 1 fully saturated rings. The molecule has 0 bridgehead atoms. The average Bonchev–Trinajstić information content (AvgIpc) is 2.91. The van der Waals surface area contributed by atoms with Crippen molar-refractivity contribution in [1.29, 1.82) is 0 Å². The molecular weight excluding hydrogens is 404 g/mol. The maximum atomic E-state index is 12.6. The molecule has 0 atom stereocenters. The molecular formula is C18H15BrN2O5. The van der Waals surface area contributed by atoms with Gasteiger partial charge in [-0.2, -0.15) is 0 Å². The molecule has 2 aromatic rings. The van der Waals surface area contributed by atoms with Gasteiger partial charge in [-0.25, -0.2) is 5.01 Å². The van der Waals surface area contributed by atoms with Crippen LogP contribution in [-0.2, 0) is 9.59 Å². The van der Waals surface area contributed by atoms with Crippen molar-refractivity contribution in [2.75, 3.05) is 19.2 Å². The van der Waals surface area contributed by atoms with Gasteiger partial charge in [0.1, 0.15) is 5.57 Å². The molecule has 0 radical (unpaired) electrons. The number of benzene rings is 2. The zero-order chi connectivity index (χ0) is 18.8. The molecule has 1 saturated heterocycles. The summed E-state index contributed by atoms with van der Waals surface area (Å²) in [5, 5.41) is 11.1. The fraction of sp³-hybridized carbons (Fsp3) is 0.111. The number of methoxy groups -OCH3 is 2. The second-order valence-corrected chi connectivity index (χ2v) is 6.31. The number of hydrogen-bond donors (Lipinski definition) is 2. The van der Waals surface area contributed by atoms with Gasteiger partial charge in [0.2, 0.25) is 5.75 Å². The van der Waals surface area contributed by atoms with E-state index in [4.69, 9.17) is 9.47 Å². The van der Waals surface area contributed by atoms with Crippen LogP contribution in [0, 0.1) is 0 Å². The number of amides is 2. The molecule has 0 unspecified atom stereocenters. The van der Waals surface area contributed by atoms with E-state index < -0.39 is 11.8 Å². The van der Waals surface area contributed by atoms with Crippen molar-refractivity contribution in [2.45, 2.75) is 0 Å². The van der Waals surface area contributed by atoms with Gasteiger partial charge < -0.3 is 14.6 Å². The summed E-state index contributed by atoms with van der Waals surface area (Å²) in [6, 6.07) is 9.97. The number of phenols is 1. The van der Waals surface area contributed by atoms with Gasteiger partial charge in [0.05, 0.1) is 19.9 Å². The Balaban J connectivity index is 1.97. The first-order chi connectivity index (χ1) is 12.4. The third-order valence-electron chi connectivity index (χ3n) is 3.79. The topological polar surface area (TPSA) is 88.1 Å². The molecule has 2 aromatic carbocycles. The lowest BCUT2D eigenvalue weighted by Crippen LogP contribution is -2.35. The fourth-order valence-corrected chi connectivity index (χ4v) is 2.76. The SMILES string of the molecule is COc1cc(/C=C2/C(=O)NN(c3ccc(Br)cc3)C2=O)cc(OC)c1O. The van der Waals surface area contributed by atoms with Gasteiger partial charge in [0, 0.05) is 4.47 Å². The number of rotatable bonds is 4. The second kappa shape index (κ2) is 7.09. The van der Waals surface area contributed by atoms with Crippen LogP contribution in [-0.4, -0.2) is 31.1 Å². The van der Waals surface area contributed by atoms with E-state index in [2.05, 4.69) is 21.4 Å². The molecule has 1 aliphatic rings. The van der Waals surface area contributed by atoms with E-state index in [1.54, 1.807) is 24.3 Å². The number of anilines is 1. The highest BCUT2D eigenvalue weighted by Gasteiger charge is 2.34. The number of hydrogen-bond acceptors (Lipinski definition) is 5. The number of carbonyl (C=O) groups is 2. The number of carbonyl (C=O) groups excluding carboxylic acids is 2. The number of aromatic hydroxyl groups is 1. The van der Waals surface area contributed by atoms with E-state index in [1.807, 2.05) is 0 Å². The lowest BCUT2D eigenvalue weighted by atomic mass is 10.1. The first-order valence-electron chi connectivity index (χ1n) is 7.52. The zero-order valence-electron chi connectivity index (χ0n) is 13.9. The minimum Gasteiger partial charge on any atom is -0.502 e. The Morgan fingerprint density at radius 3 is 2.19 bits per heavy atom. The normalized spacial score (nSPS) is 15.3. The number of hydrazine groups is 1. The van der Waals surface area contributed by atoms with Crippen LogP contribution in [0.5, 0.6) is 17.2 Å². The van der Waals surface area contributed by atoms with Crippen molar-refractivity contribution >= 4 is 39.5 Å². The third-order valence-corrected chi connectivity index (χ3v) is 4.32. The van der Waals surface area contributed by atoms with Crippen LogP contribution in [0.1, 0.15) is 5.56 Å². The van der Waals surface area contributed by atoms with E-state index >= 15 is 0 Å². The Labute approximate surface area is 157 Å². The average molecular weight is 419 g/mol. The van der Waals surface area contributed by atoms with Crippen molar-refractivity contribution < 1.29 is 24.2 Å². The Kier molecular flexibility index (Phi) is 4.85. The number of ether oxygens (including phenoxy) is 2. The van der Waals surface area contributed by atoms with Gasteiger partial charge in [-0.15, -0.1) is 0 Å². The summed E-state index contributed by atoms with van der Waals surface area (Å²) in [6.45, 7) is 0. The maximum Gasteiger partial charge on any atom is 0.282 e. The summed E-state index contributed by atoms with van der Waals surface area (Å²) in [5.41, 5.74) is 3.51. The predicted octanol–water partition coefficient (Wildman–Crippen LogP) is 2.63. The molecule has 134 valence electrons. The highest BCUT2D eigenvalue weighted by atomic mass is 79.9. The van der Waals surface area contributed by atoms with Gasteiger partial charge >= 0.3 is 0 Å². The van der Waals surface area contributed by atoms with Crippen molar-refractivity contribution in [1.82, 2.24) is 5.43 Å². The van der Waals surface area contributed by atoms with Crippen molar-refractivity contribution in [3.63, 3.8) is 0 Å². The standard InChI is InChI=1S/C18H15BrN2O5/c1-25-14-8-10(9-15(26-2)16(14)22)7-13-17(23)20-21(18(13)24)12-5-3-11(19)4-6-12/h3-9,22H,1-2H3,(H,20,23)/b13-7-. The largest absolute Gasteiger partial charge is 0.502 e. The minimum atomic E-state index is -0.524. The molecule has 2 amide bonds. The van der Waals surface area contributed by atoms with E-state index in [1.165, 1.54) is 37.4 Å². The molecule has 0 saturated carbocycles. The van der Waals surface area contributed by atoms with E-state index in [9.17, 15) is 14.7 Å². The Hall–Kier alpha value is -3.00. The molecule has 0 spiro atoms. The smallest absolute Gasteiger partial charge is 0.282 e. The number of nitrogens with one attached hydrogen (secondary N) is 1. The van der Waals surface area contributed by atoms with Crippen molar-refractivity contribution in [3.8, 4) is 17.2 Å². The number of halogens is 1. The van der Waals surface area contributed by atoms with Gasteiger partial charge in [-0.3, -0.25) is 15.0 Å². The van der Waals surface area contributed by atoms with Gasteiger partial charge in [0.15, 0.2) is 11.5 Å². The number of nitrogens with zero attached hydrogens (tertiary/aromatic N) is 1. The summed E-state index contributed by atoms with van der Waals surface area (Å²) in [7, 11) is 2.79. The van der Waals surface area contributed by atoms with Crippen LogP contribution in [0.3, 0.4) is 0 Å². The summed E-state index contributed by atoms with van der Waals surface area (Å²) >= 11 is 3.32. The third kappa shape index (κ3) is 3.23. The highest BCUT2D eigenvalue weighted by Crippen LogP contribution is 2.38. The maximum absolute atomic E-state index is 12.6. The van der Waals surface area contributed by atoms with Crippen LogP contribution in [0.15, 0.2) is 46.4 Å². The molecule has 1 aliphatic heterocycles. The van der Waals surface area contributed by atoms with E-state index in [-0.39, 0.29) is 22.8 Å². The molecule has 7 nitrogen and oxygen atoms in total. The summed E-state index contributed by atoms with van der Waals surface area (Å²) < 4.78 is 11.0. The monoisotopic (exact) mass is 418 g/mol. The van der Waals surface area contributed by atoms with E-state index in [0.29, 0.717) is 11.3 Å².